The molecule has 0 aliphatic carbocycles. The fourth-order valence-corrected chi connectivity index (χ4v) is 2.13. The first kappa shape index (κ1) is 13.3. The van der Waals surface area contributed by atoms with Crippen LogP contribution in [0.3, 0.4) is 0 Å². The standard InChI is InChI=1S/C16H13FN2O2/c17-13-3-1-11(9-18)7-14(13)19-10-12-2-4-15-16(8-12)21-6-5-20-15/h1-4,7-8,19H,5-6,10H2. The molecule has 0 spiro atoms. The quantitative estimate of drug-likeness (QED) is 0.941. The molecule has 4 nitrogen and oxygen atoms in total. The molecule has 0 atom stereocenters. The minimum Gasteiger partial charge on any atom is -0.486 e. The third-order valence-electron chi connectivity index (χ3n) is 3.19. The number of nitriles is 1. The number of nitrogens with zero attached hydrogens (tertiary/aromatic N) is 1. The smallest absolute Gasteiger partial charge is 0.161 e. The monoisotopic (exact) mass is 284 g/mol. The second-order valence-electron chi connectivity index (χ2n) is 4.64. The molecule has 0 radical (unpaired) electrons. The van der Waals surface area contributed by atoms with Crippen molar-refractivity contribution < 1.29 is 13.9 Å². The van der Waals surface area contributed by atoms with Gasteiger partial charge < -0.3 is 14.8 Å². The van der Waals surface area contributed by atoms with Crippen LogP contribution in [0.25, 0.3) is 0 Å². The van der Waals surface area contributed by atoms with E-state index in [-0.39, 0.29) is 5.82 Å². The first-order chi connectivity index (χ1) is 10.3. The van der Waals surface area contributed by atoms with Crippen LogP contribution in [0.4, 0.5) is 10.1 Å². The third-order valence-corrected chi connectivity index (χ3v) is 3.19. The molecular weight excluding hydrogens is 271 g/mol. The van der Waals surface area contributed by atoms with Gasteiger partial charge in [0.15, 0.2) is 11.5 Å². The second kappa shape index (κ2) is 5.71. The van der Waals surface area contributed by atoms with Crippen molar-refractivity contribution in [3.05, 3.63) is 53.3 Å². The highest BCUT2D eigenvalue weighted by Gasteiger charge is 2.12. The zero-order valence-electron chi connectivity index (χ0n) is 11.2. The molecule has 3 rings (SSSR count). The number of rotatable bonds is 3. The molecule has 1 aliphatic heterocycles. The van der Waals surface area contributed by atoms with E-state index in [9.17, 15) is 4.39 Å². The Bertz CT molecular complexity index is 710. The van der Waals surface area contributed by atoms with Crippen LogP contribution in [0, 0.1) is 17.1 Å². The summed E-state index contributed by atoms with van der Waals surface area (Å²) in [4.78, 5) is 0. The van der Waals surface area contributed by atoms with Crippen molar-refractivity contribution in [3.63, 3.8) is 0 Å². The summed E-state index contributed by atoms with van der Waals surface area (Å²) in [5.74, 6) is 1.04. The Morgan fingerprint density at radius 1 is 1.10 bits per heavy atom. The lowest BCUT2D eigenvalue weighted by molar-refractivity contribution is 0.171. The van der Waals surface area contributed by atoms with E-state index in [4.69, 9.17) is 14.7 Å². The highest BCUT2D eigenvalue weighted by atomic mass is 19.1. The zero-order chi connectivity index (χ0) is 14.7. The highest BCUT2D eigenvalue weighted by molar-refractivity contribution is 5.51. The molecule has 0 fully saturated rings. The molecule has 106 valence electrons. The van der Waals surface area contributed by atoms with E-state index in [1.165, 1.54) is 18.2 Å². The van der Waals surface area contributed by atoms with Gasteiger partial charge in [-0.05, 0) is 35.9 Å². The summed E-state index contributed by atoms with van der Waals surface area (Å²) >= 11 is 0. The van der Waals surface area contributed by atoms with Crippen molar-refractivity contribution in [2.75, 3.05) is 18.5 Å². The molecule has 2 aromatic rings. The Morgan fingerprint density at radius 2 is 1.90 bits per heavy atom. The molecule has 0 bridgehead atoms. The Labute approximate surface area is 121 Å². The van der Waals surface area contributed by atoms with Crippen molar-refractivity contribution in [2.24, 2.45) is 0 Å². The Balaban J connectivity index is 1.74. The first-order valence-electron chi connectivity index (χ1n) is 6.58. The minimum absolute atomic E-state index is 0.309. The van der Waals surface area contributed by atoms with Crippen LogP contribution in [-0.2, 0) is 6.54 Å². The van der Waals surface area contributed by atoms with Crippen LogP contribution < -0.4 is 14.8 Å². The van der Waals surface area contributed by atoms with Gasteiger partial charge in [0.2, 0.25) is 0 Å². The summed E-state index contributed by atoms with van der Waals surface area (Å²) in [6.07, 6.45) is 0. The summed E-state index contributed by atoms with van der Waals surface area (Å²) in [6, 6.07) is 11.8. The lowest BCUT2D eigenvalue weighted by atomic mass is 10.1. The Hall–Kier alpha value is -2.74. The summed E-state index contributed by atoms with van der Waals surface area (Å²) < 4.78 is 24.6. The molecule has 2 aromatic carbocycles. The molecular formula is C16H13FN2O2. The molecule has 1 heterocycles. The van der Waals surface area contributed by atoms with Gasteiger partial charge in [-0.1, -0.05) is 6.07 Å². The summed E-state index contributed by atoms with van der Waals surface area (Å²) in [6.45, 7) is 1.52. The largest absolute Gasteiger partial charge is 0.486 e. The normalized spacial score (nSPS) is 12.6. The number of hydrogen-bond donors (Lipinski definition) is 1. The summed E-state index contributed by atoms with van der Waals surface area (Å²) in [5, 5.41) is 11.8. The molecule has 0 aromatic heterocycles. The maximum absolute atomic E-state index is 13.7. The predicted molar refractivity (Wildman–Crippen MR) is 75.9 cm³/mol. The van der Waals surface area contributed by atoms with E-state index in [0.29, 0.717) is 36.8 Å². The second-order valence-corrected chi connectivity index (χ2v) is 4.64. The van der Waals surface area contributed by atoms with Gasteiger partial charge in [0.25, 0.3) is 0 Å². The first-order valence-corrected chi connectivity index (χ1v) is 6.58. The van der Waals surface area contributed by atoms with Crippen molar-refractivity contribution in [2.45, 2.75) is 6.54 Å². The molecule has 1 aliphatic rings. The van der Waals surface area contributed by atoms with Crippen LogP contribution in [0.1, 0.15) is 11.1 Å². The van der Waals surface area contributed by atoms with Gasteiger partial charge in [0, 0.05) is 6.54 Å². The van der Waals surface area contributed by atoms with Crippen LogP contribution in [0.2, 0.25) is 0 Å². The number of fused-ring (bicyclic) bond motifs is 1. The van der Waals surface area contributed by atoms with Gasteiger partial charge >= 0.3 is 0 Å². The van der Waals surface area contributed by atoms with Gasteiger partial charge in [-0.2, -0.15) is 5.26 Å². The summed E-state index contributed by atoms with van der Waals surface area (Å²) in [5.41, 5.74) is 1.67. The molecule has 0 saturated heterocycles. The van der Waals surface area contributed by atoms with Gasteiger partial charge in [0.05, 0.1) is 17.3 Å². The van der Waals surface area contributed by atoms with Crippen LogP contribution in [-0.4, -0.2) is 13.2 Å². The fourth-order valence-electron chi connectivity index (χ4n) is 2.13. The molecule has 0 amide bonds. The van der Waals surface area contributed by atoms with E-state index >= 15 is 0 Å². The number of anilines is 1. The molecule has 1 N–H and O–H groups in total. The topological polar surface area (TPSA) is 54.3 Å². The molecule has 0 unspecified atom stereocenters. The van der Waals surface area contributed by atoms with E-state index < -0.39 is 0 Å². The van der Waals surface area contributed by atoms with Crippen molar-refractivity contribution in [1.29, 1.82) is 5.26 Å². The molecule has 5 heteroatoms. The minimum atomic E-state index is -0.383. The lowest BCUT2D eigenvalue weighted by Crippen LogP contribution is -2.15. The molecule has 0 saturated carbocycles. The van der Waals surface area contributed by atoms with Gasteiger partial charge in [-0.15, -0.1) is 0 Å². The van der Waals surface area contributed by atoms with Crippen molar-refractivity contribution in [1.82, 2.24) is 0 Å². The number of nitrogens with one attached hydrogen (secondary N) is 1. The zero-order valence-corrected chi connectivity index (χ0v) is 11.2. The predicted octanol–water partition coefficient (Wildman–Crippen LogP) is 3.08. The number of hydrogen-bond acceptors (Lipinski definition) is 4. The number of ether oxygens (including phenoxy) is 2. The van der Waals surface area contributed by atoms with E-state index in [0.717, 1.165) is 11.3 Å². The SMILES string of the molecule is N#Cc1ccc(F)c(NCc2ccc3c(c2)OCCO3)c1. The maximum atomic E-state index is 13.7. The van der Waals surface area contributed by atoms with Crippen LogP contribution in [0.15, 0.2) is 36.4 Å². The lowest BCUT2D eigenvalue weighted by Gasteiger charge is -2.19. The Morgan fingerprint density at radius 3 is 2.71 bits per heavy atom. The van der Waals surface area contributed by atoms with E-state index in [2.05, 4.69) is 5.32 Å². The summed E-state index contributed by atoms with van der Waals surface area (Å²) in [7, 11) is 0. The fraction of sp³-hybridized carbons (Fsp3) is 0.188. The number of benzene rings is 2. The average molecular weight is 284 g/mol. The highest BCUT2D eigenvalue weighted by Crippen LogP contribution is 2.31. The van der Waals surface area contributed by atoms with E-state index in [1.54, 1.807) is 0 Å². The third kappa shape index (κ3) is 2.90. The molecule has 21 heavy (non-hydrogen) atoms. The van der Waals surface area contributed by atoms with Crippen LogP contribution in [0.5, 0.6) is 11.5 Å². The average Bonchev–Trinajstić information content (AvgIpc) is 2.54. The van der Waals surface area contributed by atoms with Crippen molar-refractivity contribution in [3.8, 4) is 17.6 Å². The number of halogens is 1. The van der Waals surface area contributed by atoms with E-state index in [1.807, 2.05) is 24.3 Å². The van der Waals surface area contributed by atoms with Crippen molar-refractivity contribution >= 4 is 5.69 Å². The van der Waals surface area contributed by atoms with Crippen LogP contribution >= 0.6 is 0 Å². The van der Waals surface area contributed by atoms with Gasteiger partial charge in [0.1, 0.15) is 19.0 Å². The van der Waals surface area contributed by atoms with Gasteiger partial charge in [-0.25, -0.2) is 4.39 Å². The Kier molecular flexibility index (Phi) is 3.61. The maximum Gasteiger partial charge on any atom is 0.161 e. The van der Waals surface area contributed by atoms with Gasteiger partial charge in [-0.3, -0.25) is 0 Å².